The number of halogens is 1. The summed E-state index contributed by atoms with van der Waals surface area (Å²) in [7, 11) is 0. The molecule has 0 radical (unpaired) electrons. The molecular formula is C17H19BrN6O2. The lowest BCUT2D eigenvalue weighted by Crippen LogP contribution is -2.54. The van der Waals surface area contributed by atoms with Crippen LogP contribution in [0.15, 0.2) is 39.6 Å². The Bertz CT molecular complexity index is 913. The van der Waals surface area contributed by atoms with Crippen LogP contribution in [-0.4, -0.2) is 35.3 Å². The molecule has 1 aromatic carbocycles. The molecule has 136 valence electrons. The molecule has 2 aromatic rings. The third-order valence-corrected chi connectivity index (χ3v) is 4.54. The smallest absolute Gasteiger partial charge is 0.268 e. The van der Waals surface area contributed by atoms with Crippen molar-refractivity contribution in [2.45, 2.75) is 18.9 Å². The molecule has 0 saturated carbocycles. The number of aromatic nitrogens is 1. The Morgan fingerprint density at radius 3 is 2.88 bits per heavy atom. The molecule has 0 aliphatic carbocycles. The number of aromatic amines is 1. The van der Waals surface area contributed by atoms with E-state index in [1.54, 1.807) is 12.3 Å². The number of aliphatic imine (C=N–C) groups is 1. The number of amides is 2. The zero-order valence-electron chi connectivity index (χ0n) is 13.9. The summed E-state index contributed by atoms with van der Waals surface area (Å²) in [5.41, 5.74) is 12.5. The van der Waals surface area contributed by atoms with E-state index in [9.17, 15) is 9.59 Å². The number of H-pyrrole nitrogens is 1. The average Bonchev–Trinajstić information content (AvgIpc) is 2.97. The van der Waals surface area contributed by atoms with E-state index in [-0.39, 0.29) is 23.5 Å². The van der Waals surface area contributed by atoms with Crippen molar-refractivity contribution < 1.29 is 9.59 Å². The van der Waals surface area contributed by atoms with Gasteiger partial charge in [0.05, 0.1) is 0 Å². The van der Waals surface area contributed by atoms with E-state index in [1.165, 1.54) is 0 Å². The van der Waals surface area contributed by atoms with Crippen LogP contribution in [-0.2, 0) is 9.59 Å². The standard InChI is InChI=1S/C17H19BrN6O2/c18-10-3-4-11-9(8-22-13(11)7-10)6-14-16(26)23-12(15(25)24-14)2-1-5-21-17(19)20/h3-4,6-8,12,22H,1-2,5H2,(H,23,26)(H,24,25)(H4,19,20,21). The Hall–Kier alpha value is -2.81. The summed E-state index contributed by atoms with van der Waals surface area (Å²) in [6, 6.07) is 5.22. The molecule has 8 nitrogen and oxygen atoms in total. The van der Waals surface area contributed by atoms with Gasteiger partial charge in [-0.3, -0.25) is 14.6 Å². The summed E-state index contributed by atoms with van der Waals surface area (Å²) in [6.07, 6.45) is 4.51. The number of carbonyl (C=O) groups excluding carboxylic acids is 2. The Kier molecular flexibility index (Phi) is 5.27. The van der Waals surface area contributed by atoms with Gasteiger partial charge in [-0.1, -0.05) is 22.0 Å². The third-order valence-electron chi connectivity index (χ3n) is 4.05. The van der Waals surface area contributed by atoms with E-state index in [1.807, 2.05) is 18.2 Å². The van der Waals surface area contributed by atoms with Gasteiger partial charge >= 0.3 is 0 Å². The molecule has 1 fully saturated rings. The highest BCUT2D eigenvalue weighted by molar-refractivity contribution is 9.10. The maximum Gasteiger partial charge on any atom is 0.268 e. The molecule has 26 heavy (non-hydrogen) atoms. The van der Waals surface area contributed by atoms with Crippen LogP contribution in [0.4, 0.5) is 0 Å². The number of fused-ring (bicyclic) bond motifs is 1. The second kappa shape index (κ2) is 7.61. The first-order valence-electron chi connectivity index (χ1n) is 8.09. The molecule has 1 aliphatic rings. The molecule has 1 unspecified atom stereocenters. The average molecular weight is 419 g/mol. The van der Waals surface area contributed by atoms with E-state index in [2.05, 4.69) is 36.5 Å². The van der Waals surface area contributed by atoms with Crippen molar-refractivity contribution in [3.8, 4) is 0 Å². The van der Waals surface area contributed by atoms with Gasteiger partial charge in [-0.25, -0.2) is 0 Å². The van der Waals surface area contributed by atoms with Crippen LogP contribution in [0.1, 0.15) is 18.4 Å². The van der Waals surface area contributed by atoms with Gasteiger partial charge in [-0.2, -0.15) is 0 Å². The molecular weight excluding hydrogens is 400 g/mol. The van der Waals surface area contributed by atoms with Gasteiger partial charge in [0.15, 0.2) is 5.96 Å². The fourth-order valence-electron chi connectivity index (χ4n) is 2.78. The first kappa shape index (κ1) is 18.0. The van der Waals surface area contributed by atoms with Gasteiger partial charge in [0.2, 0.25) is 5.91 Å². The lowest BCUT2D eigenvalue weighted by Gasteiger charge is -2.24. The molecule has 0 bridgehead atoms. The van der Waals surface area contributed by atoms with Crippen LogP contribution in [0.5, 0.6) is 0 Å². The number of nitrogens with one attached hydrogen (secondary N) is 3. The lowest BCUT2D eigenvalue weighted by atomic mass is 10.1. The van der Waals surface area contributed by atoms with Crippen molar-refractivity contribution in [3.63, 3.8) is 0 Å². The Morgan fingerprint density at radius 2 is 2.12 bits per heavy atom. The molecule has 2 amide bonds. The first-order chi connectivity index (χ1) is 12.4. The number of hydrogen-bond acceptors (Lipinski definition) is 3. The Morgan fingerprint density at radius 1 is 1.31 bits per heavy atom. The van der Waals surface area contributed by atoms with Crippen LogP contribution in [0.3, 0.4) is 0 Å². The number of hydrogen-bond donors (Lipinski definition) is 5. The van der Waals surface area contributed by atoms with E-state index in [0.717, 1.165) is 20.9 Å². The van der Waals surface area contributed by atoms with Gasteiger partial charge in [0.25, 0.3) is 5.91 Å². The summed E-state index contributed by atoms with van der Waals surface area (Å²) in [4.78, 5) is 31.6. The molecule has 2 heterocycles. The number of guanidine groups is 1. The van der Waals surface area contributed by atoms with Gasteiger partial charge in [0, 0.05) is 33.7 Å². The molecule has 1 atom stereocenters. The molecule has 0 spiro atoms. The van der Waals surface area contributed by atoms with Gasteiger partial charge in [-0.15, -0.1) is 0 Å². The van der Waals surface area contributed by atoms with Crippen LogP contribution in [0.2, 0.25) is 0 Å². The number of rotatable bonds is 5. The minimum absolute atomic E-state index is 0.0121. The highest BCUT2D eigenvalue weighted by Crippen LogP contribution is 2.24. The van der Waals surface area contributed by atoms with Gasteiger partial charge < -0.3 is 27.1 Å². The quantitative estimate of drug-likeness (QED) is 0.213. The minimum Gasteiger partial charge on any atom is -0.370 e. The van der Waals surface area contributed by atoms with Crippen molar-refractivity contribution in [2.75, 3.05) is 6.54 Å². The fourth-order valence-corrected chi connectivity index (χ4v) is 3.14. The van der Waals surface area contributed by atoms with Gasteiger partial charge in [0.1, 0.15) is 11.7 Å². The molecule has 1 aromatic heterocycles. The largest absolute Gasteiger partial charge is 0.370 e. The van der Waals surface area contributed by atoms with Crippen LogP contribution < -0.4 is 22.1 Å². The van der Waals surface area contributed by atoms with E-state index in [0.29, 0.717) is 19.4 Å². The highest BCUT2D eigenvalue weighted by Gasteiger charge is 2.29. The summed E-state index contributed by atoms with van der Waals surface area (Å²) in [5, 5.41) is 6.37. The summed E-state index contributed by atoms with van der Waals surface area (Å²) >= 11 is 3.42. The Balaban J connectivity index is 1.70. The maximum atomic E-state index is 12.3. The van der Waals surface area contributed by atoms with E-state index in [4.69, 9.17) is 11.5 Å². The summed E-state index contributed by atoms with van der Waals surface area (Å²) in [6.45, 7) is 0.412. The predicted molar refractivity (Wildman–Crippen MR) is 104 cm³/mol. The van der Waals surface area contributed by atoms with Crippen molar-refractivity contribution in [2.24, 2.45) is 16.5 Å². The lowest BCUT2D eigenvalue weighted by molar-refractivity contribution is -0.131. The summed E-state index contributed by atoms with van der Waals surface area (Å²) in [5.74, 6) is -0.552. The monoisotopic (exact) mass is 418 g/mol. The zero-order valence-corrected chi connectivity index (χ0v) is 15.5. The second-order valence-electron chi connectivity index (χ2n) is 5.96. The molecule has 7 N–H and O–H groups in total. The normalized spacial score (nSPS) is 18.7. The fraction of sp³-hybridized carbons (Fsp3) is 0.235. The van der Waals surface area contributed by atoms with Crippen LogP contribution >= 0.6 is 15.9 Å². The van der Waals surface area contributed by atoms with Crippen LogP contribution in [0.25, 0.3) is 17.0 Å². The molecule has 1 saturated heterocycles. The highest BCUT2D eigenvalue weighted by atomic mass is 79.9. The maximum absolute atomic E-state index is 12.3. The zero-order chi connectivity index (χ0) is 18.7. The molecule has 9 heteroatoms. The number of nitrogens with two attached hydrogens (primary N) is 2. The molecule has 1 aliphatic heterocycles. The van der Waals surface area contributed by atoms with Gasteiger partial charge in [-0.05, 0) is 31.1 Å². The third kappa shape index (κ3) is 4.05. The van der Waals surface area contributed by atoms with E-state index < -0.39 is 6.04 Å². The Labute approximate surface area is 158 Å². The topological polar surface area (TPSA) is 138 Å². The number of carbonyl (C=O) groups is 2. The van der Waals surface area contributed by atoms with Crippen LogP contribution in [0, 0.1) is 0 Å². The SMILES string of the molecule is NC(N)=NCCCC1NC(=O)C(=Cc2c[nH]c3cc(Br)ccc23)NC1=O. The second-order valence-corrected chi connectivity index (χ2v) is 6.87. The first-order valence-corrected chi connectivity index (χ1v) is 8.89. The predicted octanol–water partition coefficient (Wildman–Crippen LogP) is 0.940. The van der Waals surface area contributed by atoms with Crippen molar-refractivity contribution in [3.05, 3.63) is 40.1 Å². The minimum atomic E-state index is -0.590. The van der Waals surface area contributed by atoms with Crippen molar-refractivity contribution in [1.29, 1.82) is 0 Å². The summed E-state index contributed by atoms with van der Waals surface area (Å²) < 4.78 is 0.957. The van der Waals surface area contributed by atoms with Crippen molar-refractivity contribution in [1.82, 2.24) is 15.6 Å². The molecule has 3 rings (SSSR count). The number of piperazine rings is 1. The number of nitrogens with zero attached hydrogens (tertiary/aromatic N) is 1. The van der Waals surface area contributed by atoms with Crippen molar-refractivity contribution >= 4 is 50.7 Å². The van der Waals surface area contributed by atoms with E-state index >= 15 is 0 Å². The number of benzene rings is 1.